The van der Waals surface area contributed by atoms with E-state index in [-0.39, 0.29) is 5.78 Å². The third-order valence-corrected chi connectivity index (χ3v) is 1.86. The van der Waals surface area contributed by atoms with Crippen LogP contribution >= 0.6 is 0 Å². The summed E-state index contributed by atoms with van der Waals surface area (Å²) in [5, 5.41) is 0. The average molecular weight is 152 g/mol. The van der Waals surface area contributed by atoms with Crippen LogP contribution in [0.5, 0.6) is 0 Å². The Kier molecular flexibility index (Phi) is 1.83. The molecule has 0 fully saturated rings. The molecule has 60 valence electrons. The molecular weight excluding hydrogens is 140 g/mol. The summed E-state index contributed by atoms with van der Waals surface area (Å²) in [6, 6.07) is 0. The van der Waals surface area contributed by atoms with Crippen molar-refractivity contribution in [3.63, 3.8) is 0 Å². The average Bonchev–Trinajstić information content (AvgIpc) is 1.86. The summed E-state index contributed by atoms with van der Waals surface area (Å²) in [4.78, 5) is 11.0. The number of ketones is 1. The van der Waals surface area contributed by atoms with Crippen LogP contribution in [0, 0.1) is 0 Å². The lowest BCUT2D eigenvalue weighted by molar-refractivity contribution is -0.120. The van der Waals surface area contributed by atoms with Crippen LogP contribution in [0.3, 0.4) is 0 Å². The van der Waals surface area contributed by atoms with E-state index >= 15 is 0 Å². The van der Waals surface area contributed by atoms with Gasteiger partial charge in [0.05, 0.1) is 5.54 Å². The molecular formula is C8H12N2O. The first kappa shape index (κ1) is 8.01. The van der Waals surface area contributed by atoms with Crippen LogP contribution in [0.1, 0.15) is 13.3 Å². The van der Waals surface area contributed by atoms with E-state index in [9.17, 15) is 4.79 Å². The Hall–Kier alpha value is -1.09. The monoisotopic (exact) mass is 152 g/mol. The molecule has 1 aliphatic carbocycles. The molecule has 0 radical (unpaired) electrons. The Labute approximate surface area is 65.8 Å². The zero-order chi connectivity index (χ0) is 8.48. The molecule has 0 aromatic heterocycles. The molecule has 1 aliphatic rings. The number of Topliss-reactive ketones (excluding diaryl/α,β-unsaturated/α-hetero) is 1. The fourth-order valence-corrected chi connectivity index (χ4v) is 1.04. The van der Waals surface area contributed by atoms with Crippen LogP contribution in [-0.2, 0) is 4.79 Å². The van der Waals surface area contributed by atoms with Crippen LogP contribution in [0.4, 0.5) is 0 Å². The predicted molar refractivity (Wildman–Crippen MR) is 43.6 cm³/mol. The van der Waals surface area contributed by atoms with Gasteiger partial charge in [0.2, 0.25) is 0 Å². The van der Waals surface area contributed by atoms with Gasteiger partial charge in [-0.3, -0.25) is 4.79 Å². The van der Waals surface area contributed by atoms with Gasteiger partial charge in [-0.05, 0) is 13.0 Å². The Balaban J connectivity index is 2.86. The molecule has 0 aliphatic heterocycles. The van der Waals surface area contributed by atoms with Gasteiger partial charge in [0.25, 0.3) is 0 Å². The van der Waals surface area contributed by atoms with Crippen molar-refractivity contribution in [1.82, 2.24) is 0 Å². The highest BCUT2D eigenvalue weighted by Gasteiger charge is 2.29. The molecule has 0 aromatic carbocycles. The lowest BCUT2D eigenvalue weighted by Gasteiger charge is -2.24. The SMILES string of the molecule is CC(=O)C1(N)C=CC=C(N)C1. The summed E-state index contributed by atoms with van der Waals surface area (Å²) in [6.45, 7) is 1.48. The molecule has 3 nitrogen and oxygen atoms in total. The van der Waals surface area contributed by atoms with Crippen molar-refractivity contribution in [3.8, 4) is 0 Å². The van der Waals surface area contributed by atoms with Crippen molar-refractivity contribution in [2.45, 2.75) is 18.9 Å². The molecule has 0 heterocycles. The fourth-order valence-electron chi connectivity index (χ4n) is 1.04. The lowest BCUT2D eigenvalue weighted by Crippen LogP contribution is -2.46. The largest absolute Gasteiger partial charge is 0.402 e. The Morgan fingerprint density at radius 2 is 2.36 bits per heavy atom. The minimum absolute atomic E-state index is 0.0511. The molecule has 11 heavy (non-hydrogen) atoms. The van der Waals surface area contributed by atoms with Crippen LogP contribution in [0.2, 0.25) is 0 Å². The second-order valence-corrected chi connectivity index (χ2v) is 2.87. The van der Waals surface area contributed by atoms with Crippen molar-refractivity contribution in [2.24, 2.45) is 11.5 Å². The number of rotatable bonds is 1. The first-order valence-electron chi connectivity index (χ1n) is 3.48. The van der Waals surface area contributed by atoms with E-state index in [4.69, 9.17) is 11.5 Å². The quantitative estimate of drug-likeness (QED) is 0.559. The topological polar surface area (TPSA) is 69.1 Å². The van der Waals surface area contributed by atoms with Crippen molar-refractivity contribution >= 4 is 5.78 Å². The molecule has 1 rings (SSSR count). The molecule has 0 aromatic rings. The minimum Gasteiger partial charge on any atom is -0.402 e. The summed E-state index contributed by atoms with van der Waals surface area (Å²) in [5.74, 6) is -0.0511. The highest BCUT2D eigenvalue weighted by Crippen LogP contribution is 2.18. The molecule has 0 bridgehead atoms. The molecule has 0 amide bonds. The maximum Gasteiger partial charge on any atom is 0.153 e. The van der Waals surface area contributed by atoms with Crippen molar-refractivity contribution in [3.05, 3.63) is 23.9 Å². The first-order chi connectivity index (χ1) is 5.04. The molecule has 4 N–H and O–H groups in total. The third kappa shape index (κ3) is 1.49. The number of carbonyl (C=O) groups excluding carboxylic acids is 1. The molecule has 0 saturated carbocycles. The maximum atomic E-state index is 11.0. The van der Waals surface area contributed by atoms with Crippen LogP contribution in [0.25, 0.3) is 0 Å². The Morgan fingerprint density at radius 3 is 2.73 bits per heavy atom. The van der Waals surface area contributed by atoms with Crippen molar-refractivity contribution in [2.75, 3.05) is 0 Å². The van der Waals surface area contributed by atoms with Crippen LogP contribution in [0.15, 0.2) is 23.9 Å². The van der Waals surface area contributed by atoms with E-state index < -0.39 is 5.54 Å². The second kappa shape index (κ2) is 2.51. The number of allylic oxidation sites excluding steroid dienone is 2. The fraction of sp³-hybridized carbons (Fsp3) is 0.375. The van der Waals surface area contributed by atoms with Gasteiger partial charge in [0, 0.05) is 12.1 Å². The first-order valence-corrected chi connectivity index (χ1v) is 3.48. The number of nitrogens with two attached hydrogens (primary N) is 2. The Morgan fingerprint density at radius 1 is 1.73 bits per heavy atom. The van der Waals surface area contributed by atoms with Gasteiger partial charge in [-0.1, -0.05) is 12.2 Å². The highest BCUT2D eigenvalue weighted by molar-refractivity contribution is 5.88. The number of hydrogen-bond acceptors (Lipinski definition) is 3. The van der Waals surface area contributed by atoms with E-state index in [2.05, 4.69) is 0 Å². The van der Waals surface area contributed by atoms with Crippen molar-refractivity contribution < 1.29 is 4.79 Å². The minimum atomic E-state index is -0.862. The number of hydrogen-bond donors (Lipinski definition) is 2. The summed E-state index contributed by atoms with van der Waals surface area (Å²) in [5.41, 5.74) is 11.1. The normalized spacial score (nSPS) is 29.8. The standard InChI is InChI=1S/C8H12N2O/c1-6(11)8(10)4-2-3-7(9)5-8/h2-4H,5,9-10H2,1H3. The van der Waals surface area contributed by atoms with E-state index in [1.807, 2.05) is 0 Å². The van der Waals surface area contributed by atoms with Gasteiger partial charge < -0.3 is 11.5 Å². The van der Waals surface area contributed by atoms with Crippen molar-refractivity contribution in [1.29, 1.82) is 0 Å². The van der Waals surface area contributed by atoms with Gasteiger partial charge in [-0.2, -0.15) is 0 Å². The predicted octanol–water partition coefficient (Wildman–Crippen LogP) is 0.0754. The zero-order valence-corrected chi connectivity index (χ0v) is 6.50. The summed E-state index contributed by atoms with van der Waals surface area (Å²) in [7, 11) is 0. The molecule has 0 spiro atoms. The van der Waals surface area contributed by atoms with E-state index in [1.165, 1.54) is 6.92 Å². The zero-order valence-electron chi connectivity index (χ0n) is 6.50. The number of carbonyl (C=O) groups is 1. The molecule has 3 heteroatoms. The van der Waals surface area contributed by atoms with E-state index in [0.717, 1.165) is 0 Å². The second-order valence-electron chi connectivity index (χ2n) is 2.87. The molecule has 1 unspecified atom stereocenters. The summed E-state index contributed by atoms with van der Waals surface area (Å²) < 4.78 is 0. The van der Waals surface area contributed by atoms with Gasteiger partial charge in [-0.25, -0.2) is 0 Å². The highest BCUT2D eigenvalue weighted by atomic mass is 16.1. The Bertz CT molecular complexity index is 242. The maximum absolute atomic E-state index is 11.0. The van der Waals surface area contributed by atoms with Gasteiger partial charge >= 0.3 is 0 Å². The summed E-state index contributed by atoms with van der Waals surface area (Å²) in [6.07, 6.45) is 5.60. The van der Waals surface area contributed by atoms with Crippen LogP contribution < -0.4 is 11.5 Å². The third-order valence-electron chi connectivity index (χ3n) is 1.86. The summed E-state index contributed by atoms with van der Waals surface area (Å²) >= 11 is 0. The van der Waals surface area contributed by atoms with Gasteiger partial charge in [0.1, 0.15) is 0 Å². The van der Waals surface area contributed by atoms with Crippen LogP contribution in [-0.4, -0.2) is 11.3 Å². The van der Waals surface area contributed by atoms with E-state index in [0.29, 0.717) is 12.1 Å². The molecule has 0 saturated heterocycles. The van der Waals surface area contributed by atoms with Gasteiger partial charge in [0.15, 0.2) is 5.78 Å². The smallest absolute Gasteiger partial charge is 0.153 e. The van der Waals surface area contributed by atoms with E-state index in [1.54, 1.807) is 18.2 Å². The molecule has 1 atom stereocenters. The lowest BCUT2D eigenvalue weighted by atomic mass is 9.87. The van der Waals surface area contributed by atoms with Gasteiger partial charge in [-0.15, -0.1) is 0 Å².